The third kappa shape index (κ3) is 5.20. The topological polar surface area (TPSA) is 66.1 Å². The lowest BCUT2D eigenvalue weighted by Crippen LogP contribution is -2.68. The first-order valence-corrected chi connectivity index (χ1v) is 13.3. The van der Waals surface area contributed by atoms with Crippen molar-refractivity contribution >= 4 is 11.3 Å². The second-order valence-corrected chi connectivity index (χ2v) is 11.1. The monoisotopic (exact) mass is 525 g/mol. The minimum Gasteiger partial charge on any atom is -0.489 e. The summed E-state index contributed by atoms with van der Waals surface area (Å²) in [7, 11) is 0. The van der Waals surface area contributed by atoms with E-state index in [2.05, 4.69) is 38.9 Å². The zero-order chi connectivity index (χ0) is 27.1. The summed E-state index contributed by atoms with van der Waals surface area (Å²) in [5.74, 6) is 7.47. The van der Waals surface area contributed by atoms with Crippen LogP contribution >= 0.6 is 0 Å². The van der Waals surface area contributed by atoms with Crippen molar-refractivity contribution in [1.82, 2.24) is 19.5 Å². The number of anilines is 1. The van der Waals surface area contributed by atoms with Crippen molar-refractivity contribution in [2.24, 2.45) is 0 Å². The summed E-state index contributed by atoms with van der Waals surface area (Å²) in [5, 5.41) is 14.6. The van der Waals surface area contributed by atoms with Gasteiger partial charge in [0.05, 0.1) is 35.6 Å². The fraction of sp³-hybridized carbons (Fsp3) is 0.355. The van der Waals surface area contributed by atoms with Gasteiger partial charge < -0.3 is 14.7 Å². The SMILES string of the molecule is Cc1cnn2cc(OCC(C)(C)O)cc(-c3ccc(N4CC5CC(C4)N5CC#Cc4ccccc4F)nc3)c12. The lowest BCUT2D eigenvalue weighted by atomic mass is 9.87. The molecule has 3 aliphatic rings. The van der Waals surface area contributed by atoms with Gasteiger partial charge in [-0.05, 0) is 63.1 Å². The Hall–Kier alpha value is -3.93. The number of aliphatic hydroxyl groups is 1. The molecule has 3 aliphatic heterocycles. The number of aryl methyl sites for hydroxylation is 1. The van der Waals surface area contributed by atoms with Crippen LogP contribution in [0.2, 0.25) is 0 Å². The Labute approximate surface area is 227 Å². The van der Waals surface area contributed by atoms with Gasteiger partial charge in [0.2, 0.25) is 0 Å². The van der Waals surface area contributed by atoms with Crippen molar-refractivity contribution < 1.29 is 14.2 Å². The molecule has 2 bridgehead atoms. The second kappa shape index (κ2) is 9.99. The molecule has 4 aromatic rings. The van der Waals surface area contributed by atoms with Crippen LogP contribution in [0.15, 0.2) is 61.1 Å². The molecule has 1 aromatic carbocycles. The van der Waals surface area contributed by atoms with E-state index in [0.29, 0.717) is 29.9 Å². The van der Waals surface area contributed by atoms with Crippen LogP contribution in [0.3, 0.4) is 0 Å². The van der Waals surface area contributed by atoms with E-state index >= 15 is 0 Å². The standard InChI is InChI=1S/C31H32FN5O2/c1-21-15-34-37-19-26(39-20-31(2,3)38)14-27(30(21)37)23-10-11-29(33-16-23)35-17-24-13-25(18-35)36(24)12-6-8-22-7-4-5-9-28(22)32/h4-5,7,9-11,14-16,19,24-25,38H,12-13,17-18,20H2,1-3H3. The van der Waals surface area contributed by atoms with Gasteiger partial charge >= 0.3 is 0 Å². The van der Waals surface area contributed by atoms with Gasteiger partial charge in [-0.25, -0.2) is 13.9 Å². The lowest BCUT2D eigenvalue weighted by Gasteiger charge is -2.56. The predicted octanol–water partition coefficient (Wildman–Crippen LogP) is 4.31. The molecule has 2 unspecified atom stereocenters. The molecule has 1 N–H and O–H groups in total. The van der Waals surface area contributed by atoms with E-state index < -0.39 is 5.60 Å². The smallest absolute Gasteiger partial charge is 0.138 e. The van der Waals surface area contributed by atoms with Crippen molar-refractivity contribution in [3.05, 3.63) is 78.0 Å². The van der Waals surface area contributed by atoms with Gasteiger partial charge in [-0.1, -0.05) is 24.0 Å². The zero-order valence-electron chi connectivity index (χ0n) is 22.4. The number of nitrogens with zero attached hydrogens (tertiary/aromatic N) is 5. The van der Waals surface area contributed by atoms with Gasteiger partial charge in [-0.2, -0.15) is 5.10 Å². The maximum atomic E-state index is 13.8. The first kappa shape index (κ1) is 25.4. The highest BCUT2D eigenvalue weighted by Gasteiger charge is 2.44. The van der Waals surface area contributed by atoms with E-state index in [4.69, 9.17) is 9.72 Å². The van der Waals surface area contributed by atoms with E-state index in [-0.39, 0.29) is 12.4 Å². The Morgan fingerprint density at radius 1 is 1.13 bits per heavy atom. The molecule has 2 atom stereocenters. The molecule has 3 saturated heterocycles. The average molecular weight is 526 g/mol. The number of fused-ring (bicyclic) bond motifs is 3. The van der Waals surface area contributed by atoms with Crippen LogP contribution in [0, 0.1) is 24.6 Å². The molecule has 6 heterocycles. The number of pyridine rings is 2. The summed E-state index contributed by atoms with van der Waals surface area (Å²) in [6, 6.07) is 13.7. The van der Waals surface area contributed by atoms with E-state index in [9.17, 15) is 9.50 Å². The highest BCUT2D eigenvalue weighted by Crippen LogP contribution is 2.35. The van der Waals surface area contributed by atoms with Gasteiger partial charge in [0, 0.05) is 42.5 Å². The van der Waals surface area contributed by atoms with Crippen molar-refractivity contribution in [2.45, 2.75) is 44.9 Å². The average Bonchev–Trinajstić information content (AvgIpc) is 3.30. The molecule has 0 saturated carbocycles. The van der Waals surface area contributed by atoms with Crippen LogP contribution in [-0.2, 0) is 0 Å². The maximum Gasteiger partial charge on any atom is 0.138 e. The summed E-state index contributed by atoms with van der Waals surface area (Å²) in [4.78, 5) is 9.59. The molecule has 0 radical (unpaired) electrons. The van der Waals surface area contributed by atoms with Crippen LogP contribution in [0.1, 0.15) is 31.4 Å². The molecule has 39 heavy (non-hydrogen) atoms. The number of hydrogen-bond acceptors (Lipinski definition) is 6. The predicted molar refractivity (Wildman–Crippen MR) is 149 cm³/mol. The number of rotatable bonds is 6. The molecular formula is C31H32FN5O2. The lowest BCUT2D eigenvalue weighted by molar-refractivity contribution is 0.0125. The van der Waals surface area contributed by atoms with E-state index in [0.717, 1.165) is 47.5 Å². The molecule has 7 rings (SSSR count). The fourth-order valence-electron chi connectivity index (χ4n) is 5.46. The van der Waals surface area contributed by atoms with Gasteiger partial charge in [-0.3, -0.25) is 4.90 Å². The summed E-state index contributed by atoms with van der Waals surface area (Å²) >= 11 is 0. The van der Waals surface area contributed by atoms with Gasteiger partial charge in [0.25, 0.3) is 0 Å². The van der Waals surface area contributed by atoms with E-state index in [1.54, 1.807) is 26.0 Å². The Kier molecular flexibility index (Phi) is 6.49. The third-order valence-electron chi connectivity index (χ3n) is 7.45. The Balaban J connectivity index is 1.16. The molecule has 0 aliphatic carbocycles. The largest absolute Gasteiger partial charge is 0.489 e. The highest BCUT2D eigenvalue weighted by atomic mass is 19.1. The maximum absolute atomic E-state index is 13.8. The number of piperazine rings is 1. The number of hydrogen-bond donors (Lipinski definition) is 1. The van der Waals surface area contributed by atoms with Crippen LogP contribution in [-0.4, -0.2) is 68.5 Å². The molecule has 0 amide bonds. The molecule has 0 spiro atoms. The van der Waals surface area contributed by atoms with Crippen LogP contribution in [0.5, 0.6) is 5.75 Å². The van der Waals surface area contributed by atoms with Crippen molar-refractivity contribution in [3.63, 3.8) is 0 Å². The molecule has 7 nitrogen and oxygen atoms in total. The van der Waals surface area contributed by atoms with Crippen molar-refractivity contribution in [2.75, 3.05) is 31.1 Å². The van der Waals surface area contributed by atoms with E-state index in [1.807, 2.05) is 42.2 Å². The van der Waals surface area contributed by atoms with Crippen LogP contribution < -0.4 is 9.64 Å². The Morgan fingerprint density at radius 2 is 1.92 bits per heavy atom. The second-order valence-electron chi connectivity index (χ2n) is 11.1. The van der Waals surface area contributed by atoms with Gasteiger partial charge in [0.15, 0.2) is 0 Å². The molecule has 3 aromatic heterocycles. The highest BCUT2D eigenvalue weighted by molar-refractivity contribution is 5.83. The fourth-order valence-corrected chi connectivity index (χ4v) is 5.46. The number of benzene rings is 1. The van der Waals surface area contributed by atoms with Crippen molar-refractivity contribution in [1.29, 1.82) is 0 Å². The normalized spacial score (nSPS) is 18.9. The summed E-state index contributed by atoms with van der Waals surface area (Å²) < 4.78 is 21.5. The Morgan fingerprint density at radius 3 is 2.64 bits per heavy atom. The molecule has 3 fully saturated rings. The van der Waals surface area contributed by atoms with Crippen LogP contribution in [0.25, 0.3) is 16.6 Å². The number of ether oxygens (including phenoxy) is 1. The van der Waals surface area contributed by atoms with E-state index in [1.165, 1.54) is 6.07 Å². The number of piperidine rings is 1. The molecule has 8 heteroatoms. The Bertz CT molecular complexity index is 1550. The minimum atomic E-state index is -0.935. The summed E-state index contributed by atoms with van der Waals surface area (Å²) in [5.41, 5.74) is 3.55. The quantitative estimate of drug-likeness (QED) is 0.379. The number of halogens is 1. The third-order valence-corrected chi connectivity index (χ3v) is 7.45. The van der Waals surface area contributed by atoms with Gasteiger partial charge in [0.1, 0.15) is 24.0 Å². The van der Waals surface area contributed by atoms with Gasteiger partial charge in [-0.15, -0.1) is 0 Å². The van der Waals surface area contributed by atoms with Crippen molar-refractivity contribution in [3.8, 4) is 28.7 Å². The van der Waals surface area contributed by atoms with Crippen LogP contribution in [0.4, 0.5) is 10.2 Å². The zero-order valence-corrected chi connectivity index (χ0v) is 22.4. The minimum absolute atomic E-state index is 0.179. The summed E-state index contributed by atoms with van der Waals surface area (Å²) in [6.07, 6.45) is 6.75. The first-order chi connectivity index (χ1) is 18.7. The first-order valence-electron chi connectivity index (χ1n) is 13.3. The number of aromatic nitrogens is 3. The summed E-state index contributed by atoms with van der Waals surface area (Å²) in [6.45, 7) is 8.10. The molecular weight excluding hydrogens is 493 g/mol. The molecule has 200 valence electrons.